The van der Waals surface area contributed by atoms with E-state index < -0.39 is 11.7 Å². The molecule has 0 aliphatic heterocycles. The molecule has 3 nitrogen and oxygen atoms in total. The topological polar surface area (TPSA) is 55.1 Å². The zero-order valence-electron chi connectivity index (χ0n) is 10.5. The molecule has 0 heterocycles. The summed E-state index contributed by atoms with van der Waals surface area (Å²) in [5.41, 5.74) is 6.93. The highest BCUT2D eigenvalue weighted by molar-refractivity contribution is 6.36. The molecule has 104 valence electrons. The van der Waals surface area contributed by atoms with E-state index in [1.165, 1.54) is 6.07 Å². The summed E-state index contributed by atoms with van der Waals surface area (Å²) < 4.78 is 13.2. The first-order chi connectivity index (χ1) is 9.36. The summed E-state index contributed by atoms with van der Waals surface area (Å²) in [5, 5.41) is 3.40. The molecular weight excluding hydrogens is 302 g/mol. The number of aryl methyl sites for hydroxylation is 1. The maximum absolute atomic E-state index is 13.2. The fourth-order valence-corrected chi connectivity index (χ4v) is 2.11. The van der Waals surface area contributed by atoms with Gasteiger partial charge in [-0.3, -0.25) is 4.79 Å². The van der Waals surface area contributed by atoms with Gasteiger partial charge in [-0.25, -0.2) is 4.39 Å². The maximum Gasteiger partial charge on any atom is 0.255 e. The van der Waals surface area contributed by atoms with Crippen molar-refractivity contribution in [3.8, 4) is 0 Å². The average Bonchev–Trinajstić information content (AvgIpc) is 2.34. The highest BCUT2D eigenvalue weighted by atomic mass is 35.5. The maximum atomic E-state index is 13.2. The molecule has 0 atom stereocenters. The molecule has 0 saturated heterocycles. The van der Waals surface area contributed by atoms with Crippen LogP contribution in [0, 0.1) is 12.7 Å². The third-order valence-corrected chi connectivity index (χ3v) is 3.40. The number of benzene rings is 2. The zero-order chi connectivity index (χ0) is 14.9. The van der Waals surface area contributed by atoms with Crippen molar-refractivity contribution in [2.24, 2.45) is 0 Å². The molecule has 0 aromatic heterocycles. The number of hydrogen-bond donors (Lipinski definition) is 2. The van der Waals surface area contributed by atoms with E-state index in [1.54, 1.807) is 19.1 Å². The number of nitrogens with two attached hydrogens (primary N) is 1. The predicted octanol–water partition coefficient (Wildman–Crippen LogP) is 4.28. The van der Waals surface area contributed by atoms with Crippen molar-refractivity contribution in [1.29, 1.82) is 0 Å². The minimum absolute atomic E-state index is 0.107. The van der Waals surface area contributed by atoms with Crippen molar-refractivity contribution < 1.29 is 9.18 Å². The van der Waals surface area contributed by atoms with Crippen LogP contribution in [-0.2, 0) is 0 Å². The molecule has 2 rings (SSSR count). The van der Waals surface area contributed by atoms with Crippen LogP contribution >= 0.6 is 23.2 Å². The third-order valence-electron chi connectivity index (χ3n) is 2.68. The van der Waals surface area contributed by atoms with Gasteiger partial charge in [0, 0.05) is 16.3 Å². The number of nitrogens with one attached hydrogen (secondary N) is 1. The Hall–Kier alpha value is -1.78. The van der Waals surface area contributed by atoms with Gasteiger partial charge in [0.1, 0.15) is 5.82 Å². The molecule has 0 aliphatic carbocycles. The molecule has 6 heteroatoms. The molecule has 20 heavy (non-hydrogen) atoms. The van der Waals surface area contributed by atoms with Gasteiger partial charge in [-0.1, -0.05) is 23.2 Å². The smallest absolute Gasteiger partial charge is 0.255 e. The second-order valence-corrected chi connectivity index (χ2v) is 5.12. The molecule has 0 spiro atoms. The van der Waals surface area contributed by atoms with Crippen molar-refractivity contribution in [1.82, 2.24) is 0 Å². The van der Waals surface area contributed by atoms with E-state index in [2.05, 4.69) is 5.32 Å². The number of anilines is 2. The average molecular weight is 313 g/mol. The Morgan fingerprint density at radius 3 is 2.50 bits per heavy atom. The fourth-order valence-electron chi connectivity index (χ4n) is 1.68. The lowest BCUT2D eigenvalue weighted by Gasteiger charge is -2.10. The van der Waals surface area contributed by atoms with Gasteiger partial charge < -0.3 is 11.1 Å². The summed E-state index contributed by atoms with van der Waals surface area (Å²) >= 11 is 12.0. The van der Waals surface area contributed by atoms with Gasteiger partial charge in [-0.05, 0) is 42.8 Å². The summed E-state index contributed by atoms with van der Waals surface area (Å²) in [7, 11) is 0. The minimum Gasteiger partial charge on any atom is -0.399 e. The first kappa shape index (κ1) is 14.6. The molecule has 0 fully saturated rings. The second-order valence-electron chi connectivity index (χ2n) is 4.31. The van der Waals surface area contributed by atoms with E-state index >= 15 is 0 Å². The van der Waals surface area contributed by atoms with Gasteiger partial charge >= 0.3 is 0 Å². The molecule has 0 bridgehead atoms. The van der Waals surface area contributed by atoms with Crippen molar-refractivity contribution in [2.75, 3.05) is 11.1 Å². The van der Waals surface area contributed by atoms with E-state index in [0.29, 0.717) is 15.7 Å². The minimum atomic E-state index is -0.580. The number of nitrogen functional groups attached to an aromatic ring is 1. The summed E-state index contributed by atoms with van der Waals surface area (Å²) in [5.74, 6) is -1.10. The Morgan fingerprint density at radius 2 is 1.85 bits per heavy atom. The van der Waals surface area contributed by atoms with Gasteiger partial charge in [-0.2, -0.15) is 0 Å². The van der Waals surface area contributed by atoms with Crippen molar-refractivity contribution in [2.45, 2.75) is 6.92 Å². The molecule has 0 unspecified atom stereocenters. The number of carbonyl (C=O) groups is 1. The monoisotopic (exact) mass is 312 g/mol. The molecule has 2 aromatic carbocycles. The SMILES string of the molecule is Cc1cc(Cl)c(NC(=O)c2cc(N)cc(F)c2)cc1Cl. The Labute approximate surface area is 125 Å². The number of amides is 1. The van der Waals surface area contributed by atoms with Crippen LogP contribution in [0.3, 0.4) is 0 Å². The predicted molar refractivity (Wildman–Crippen MR) is 80.0 cm³/mol. The third kappa shape index (κ3) is 3.21. The van der Waals surface area contributed by atoms with Crippen molar-refractivity contribution in [3.05, 3.63) is 57.3 Å². The van der Waals surface area contributed by atoms with Crippen LogP contribution in [0.2, 0.25) is 10.0 Å². The summed E-state index contributed by atoms with van der Waals surface area (Å²) in [4.78, 5) is 12.0. The summed E-state index contributed by atoms with van der Waals surface area (Å²) in [6.07, 6.45) is 0. The Kier molecular flexibility index (Phi) is 4.16. The lowest BCUT2D eigenvalue weighted by Crippen LogP contribution is -2.13. The number of halogens is 3. The van der Waals surface area contributed by atoms with Crippen LogP contribution in [0.15, 0.2) is 30.3 Å². The van der Waals surface area contributed by atoms with Gasteiger partial charge in [0.15, 0.2) is 0 Å². The van der Waals surface area contributed by atoms with Gasteiger partial charge in [0.2, 0.25) is 0 Å². The summed E-state index contributed by atoms with van der Waals surface area (Å²) in [6.45, 7) is 1.80. The standard InChI is InChI=1S/C14H11Cl2FN2O/c1-7-2-12(16)13(6-11(7)15)19-14(20)8-3-9(17)5-10(18)4-8/h2-6H,18H2,1H3,(H,19,20). The van der Waals surface area contributed by atoms with Crippen LogP contribution in [0.5, 0.6) is 0 Å². The van der Waals surface area contributed by atoms with Gasteiger partial charge in [0.25, 0.3) is 5.91 Å². The van der Waals surface area contributed by atoms with E-state index in [1.807, 2.05) is 0 Å². The van der Waals surface area contributed by atoms with Crippen LogP contribution in [0.1, 0.15) is 15.9 Å². The number of carbonyl (C=O) groups excluding carboxylic acids is 1. The zero-order valence-corrected chi connectivity index (χ0v) is 12.0. The van der Waals surface area contributed by atoms with Crippen LogP contribution in [0.25, 0.3) is 0 Å². The fraction of sp³-hybridized carbons (Fsp3) is 0.0714. The largest absolute Gasteiger partial charge is 0.399 e. The lowest BCUT2D eigenvalue weighted by molar-refractivity contribution is 0.102. The van der Waals surface area contributed by atoms with Crippen LogP contribution < -0.4 is 11.1 Å². The van der Waals surface area contributed by atoms with Crippen molar-refractivity contribution >= 4 is 40.5 Å². The van der Waals surface area contributed by atoms with Gasteiger partial charge in [0.05, 0.1) is 10.7 Å². The van der Waals surface area contributed by atoms with Crippen LogP contribution in [0.4, 0.5) is 15.8 Å². The highest BCUT2D eigenvalue weighted by Crippen LogP contribution is 2.29. The van der Waals surface area contributed by atoms with Crippen LogP contribution in [-0.4, -0.2) is 5.91 Å². The summed E-state index contributed by atoms with van der Waals surface area (Å²) in [6, 6.07) is 6.78. The Morgan fingerprint density at radius 1 is 1.15 bits per heavy atom. The first-order valence-corrected chi connectivity index (χ1v) is 6.45. The normalized spacial score (nSPS) is 10.4. The van der Waals surface area contributed by atoms with Crippen molar-refractivity contribution in [3.63, 3.8) is 0 Å². The molecule has 0 aliphatic rings. The van der Waals surface area contributed by atoms with E-state index in [9.17, 15) is 9.18 Å². The Bertz CT molecular complexity index is 669. The quantitative estimate of drug-likeness (QED) is 0.813. The number of rotatable bonds is 2. The highest BCUT2D eigenvalue weighted by Gasteiger charge is 2.12. The van der Waals surface area contributed by atoms with E-state index in [0.717, 1.165) is 17.7 Å². The van der Waals surface area contributed by atoms with Gasteiger partial charge in [-0.15, -0.1) is 0 Å². The number of hydrogen-bond acceptors (Lipinski definition) is 2. The molecule has 3 N–H and O–H groups in total. The molecular formula is C14H11Cl2FN2O. The first-order valence-electron chi connectivity index (χ1n) is 5.70. The molecule has 2 aromatic rings. The Balaban J connectivity index is 2.30. The molecule has 0 saturated carbocycles. The lowest BCUT2D eigenvalue weighted by atomic mass is 10.1. The van der Waals surface area contributed by atoms with E-state index in [4.69, 9.17) is 28.9 Å². The second kappa shape index (κ2) is 5.69. The molecule has 1 amide bonds. The van der Waals surface area contributed by atoms with E-state index in [-0.39, 0.29) is 11.3 Å². The molecule has 0 radical (unpaired) electrons.